The van der Waals surface area contributed by atoms with Gasteiger partial charge in [-0.3, -0.25) is 0 Å². The Morgan fingerprint density at radius 2 is 0.929 bits per heavy atom. The van der Waals surface area contributed by atoms with Crippen molar-refractivity contribution in [2.24, 2.45) is 0 Å². The highest BCUT2D eigenvalue weighted by Gasteiger charge is 2.36. The molecule has 0 aliphatic heterocycles. The van der Waals surface area contributed by atoms with Gasteiger partial charge in [0.1, 0.15) is 0 Å². The largest absolute Gasteiger partial charge is 0.741 e. The lowest BCUT2D eigenvalue weighted by molar-refractivity contribution is -0.929. The molecular weight excluding hydrogens is 391 g/mol. The van der Waals surface area contributed by atoms with Gasteiger partial charge in [-0.15, -0.1) is 0 Å². The van der Waals surface area contributed by atoms with Crippen molar-refractivity contribution in [3.63, 3.8) is 0 Å². The first-order chi connectivity index (χ1) is 13.0. The Kier molecular flexibility index (Phi) is 17.5. The molecule has 0 fully saturated rings. The van der Waals surface area contributed by atoms with E-state index in [-0.39, 0.29) is 0 Å². The minimum absolute atomic E-state index is 1.36. The molecule has 0 amide bonds. The summed E-state index contributed by atoms with van der Waals surface area (Å²) in [6.07, 6.45) is 15.5. The van der Waals surface area contributed by atoms with E-state index in [2.05, 4.69) is 27.7 Å². The molecule has 0 spiro atoms. The van der Waals surface area contributed by atoms with E-state index in [9.17, 15) is 13.2 Å². The van der Waals surface area contributed by atoms with Crippen LogP contribution in [0.1, 0.15) is 98.3 Å². The zero-order valence-electron chi connectivity index (χ0n) is 18.3. The molecular formula is C20H42F3NO3S. The Hall–Kier alpha value is -0.340. The lowest BCUT2D eigenvalue weighted by Crippen LogP contribution is -2.50. The molecule has 0 bridgehead atoms. The van der Waals surface area contributed by atoms with E-state index < -0.39 is 15.6 Å². The Morgan fingerprint density at radius 3 is 1.21 bits per heavy atom. The van der Waals surface area contributed by atoms with Crippen molar-refractivity contribution in [2.45, 2.75) is 104 Å². The smallest absolute Gasteiger partial charge is 0.485 e. The summed E-state index contributed by atoms with van der Waals surface area (Å²) < 4.78 is 60.3. The molecule has 0 aromatic heterocycles. The Balaban J connectivity index is 0. The van der Waals surface area contributed by atoms with Crippen LogP contribution in [0.15, 0.2) is 0 Å². The van der Waals surface area contributed by atoms with Crippen LogP contribution in [-0.2, 0) is 10.1 Å². The first kappa shape index (κ1) is 29.9. The fourth-order valence-corrected chi connectivity index (χ4v) is 3.20. The van der Waals surface area contributed by atoms with Crippen molar-refractivity contribution in [1.29, 1.82) is 0 Å². The topological polar surface area (TPSA) is 57.2 Å². The second-order valence-electron chi connectivity index (χ2n) is 7.61. The molecule has 8 heteroatoms. The third-order valence-electron chi connectivity index (χ3n) is 4.98. The Bertz CT molecular complexity index is 432. The number of rotatable bonds is 15. The quantitative estimate of drug-likeness (QED) is 0.133. The number of hydrogen-bond acceptors (Lipinski definition) is 3. The van der Waals surface area contributed by atoms with Gasteiger partial charge in [0, 0.05) is 0 Å². The molecule has 4 nitrogen and oxygen atoms in total. The van der Waals surface area contributed by atoms with E-state index in [1.807, 2.05) is 0 Å². The molecule has 0 atom stereocenters. The van der Waals surface area contributed by atoms with Crippen LogP contribution in [-0.4, -0.2) is 49.1 Å². The zero-order valence-corrected chi connectivity index (χ0v) is 19.1. The predicted octanol–water partition coefficient (Wildman–Crippen LogP) is 6.23. The van der Waals surface area contributed by atoms with Crippen molar-refractivity contribution >= 4 is 10.1 Å². The third-order valence-corrected chi connectivity index (χ3v) is 5.54. The van der Waals surface area contributed by atoms with Crippen LogP contribution in [0.4, 0.5) is 13.2 Å². The molecule has 0 unspecified atom stereocenters. The summed E-state index contributed by atoms with van der Waals surface area (Å²) in [6, 6.07) is 0. The van der Waals surface area contributed by atoms with Crippen molar-refractivity contribution in [3.05, 3.63) is 0 Å². The van der Waals surface area contributed by atoms with Crippen molar-refractivity contribution in [1.82, 2.24) is 0 Å². The average Bonchev–Trinajstić information content (AvgIpc) is 2.61. The SMILES string of the molecule is CCCCCCC[N+](CCCC)(CCCC)CCCC.O=S(=O)([O-])C(F)(F)F. The van der Waals surface area contributed by atoms with Crippen LogP contribution in [0.25, 0.3) is 0 Å². The Morgan fingerprint density at radius 1 is 0.643 bits per heavy atom. The summed E-state index contributed by atoms with van der Waals surface area (Å²) in [5.41, 5.74) is -5.65. The van der Waals surface area contributed by atoms with Gasteiger partial charge in [0.15, 0.2) is 10.1 Å². The molecule has 0 rings (SSSR count). The third kappa shape index (κ3) is 15.6. The predicted molar refractivity (Wildman–Crippen MR) is 109 cm³/mol. The van der Waals surface area contributed by atoms with Crippen LogP contribution in [0.5, 0.6) is 0 Å². The van der Waals surface area contributed by atoms with Gasteiger partial charge in [0.2, 0.25) is 0 Å². The lowest BCUT2D eigenvalue weighted by atomic mass is 10.1. The molecule has 0 aromatic carbocycles. The van der Waals surface area contributed by atoms with Gasteiger partial charge < -0.3 is 9.04 Å². The number of quaternary nitrogens is 1. The van der Waals surface area contributed by atoms with Crippen molar-refractivity contribution in [2.75, 3.05) is 26.2 Å². The number of halogens is 3. The monoisotopic (exact) mass is 433 g/mol. The zero-order chi connectivity index (χ0) is 22.1. The normalized spacial score (nSPS) is 12.6. The summed E-state index contributed by atoms with van der Waals surface area (Å²) in [4.78, 5) is 0. The van der Waals surface area contributed by atoms with Crippen molar-refractivity contribution < 1.29 is 30.6 Å². The maximum absolute atomic E-state index is 10.7. The standard InChI is InChI=1S/C19H42N.CHF3O3S/c1-5-9-13-14-15-19-20(16-10-6-2,17-11-7-3)18-12-8-4;2-1(3,4)8(5,6)7/h5-19H2,1-4H3;(H,5,6,7)/q+1;/p-1. The molecule has 0 aromatic rings. The van der Waals surface area contributed by atoms with Crippen LogP contribution < -0.4 is 0 Å². The van der Waals surface area contributed by atoms with E-state index >= 15 is 0 Å². The second kappa shape index (κ2) is 16.5. The van der Waals surface area contributed by atoms with Gasteiger partial charge in [-0.25, -0.2) is 8.42 Å². The van der Waals surface area contributed by atoms with E-state index in [0.29, 0.717) is 0 Å². The summed E-state index contributed by atoms with van der Waals surface area (Å²) in [6.45, 7) is 15.1. The van der Waals surface area contributed by atoms with E-state index in [1.165, 1.54) is 101 Å². The fraction of sp³-hybridized carbons (Fsp3) is 1.00. The summed E-state index contributed by atoms with van der Waals surface area (Å²) >= 11 is 0. The fourth-order valence-electron chi connectivity index (χ4n) is 3.20. The highest BCUT2D eigenvalue weighted by molar-refractivity contribution is 7.86. The summed E-state index contributed by atoms with van der Waals surface area (Å²) in [7, 11) is -6.09. The van der Waals surface area contributed by atoms with Gasteiger partial charge >= 0.3 is 5.51 Å². The van der Waals surface area contributed by atoms with Gasteiger partial charge in [0.25, 0.3) is 0 Å². The van der Waals surface area contributed by atoms with Crippen LogP contribution in [0, 0.1) is 0 Å². The van der Waals surface area contributed by atoms with Crippen molar-refractivity contribution in [3.8, 4) is 0 Å². The van der Waals surface area contributed by atoms with Crippen LogP contribution in [0.2, 0.25) is 0 Å². The van der Waals surface area contributed by atoms with Gasteiger partial charge in [0.05, 0.1) is 26.2 Å². The Labute approximate surface area is 171 Å². The minimum atomic E-state index is -6.09. The number of alkyl halides is 3. The lowest BCUT2D eigenvalue weighted by Gasteiger charge is -2.39. The first-order valence-corrected chi connectivity index (χ1v) is 12.3. The molecule has 0 heterocycles. The summed E-state index contributed by atoms with van der Waals surface area (Å²) in [5.74, 6) is 0. The molecule has 0 saturated heterocycles. The molecule has 0 aliphatic carbocycles. The molecule has 172 valence electrons. The van der Waals surface area contributed by atoms with E-state index in [0.717, 1.165) is 0 Å². The number of nitrogens with zero attached hydrogens (tertiary/aromatic N) is 1. The van der Waals surface area contributed by atoms with Crippen LogP contribution >= 0.6 is 0 Å². The van der Waals surface area contributed by atoms with Gasteiger partial charge in [-0.2, -0.15) is 13.2 Å². The van der Waals surface area contributed by atoms with Gasteiger partial charge in [-0.1, -0.05) is 66.2 Å². The molecule has 0 radical (unpaired) electrons. The number of hydrogen-bond donors (Lipinski definition) is 0. The van der Waals surface area contributed by atoms with Gasteiger partial charge in [-0.05, 0) is 32.1 Å². The molecule has 0 saturated carbocycles. The maximum atomic E-state index is 10.7. The molecule has 0 N–H and O–H groups in total. The van der Waals surface area contributed by atoms with E-state index in [4.69, 9.17) is 13.0 Å². The second-order valence-corrected chi connectivity index (χ2v) is 8.98. The van der Waals surface area contributed by atoms with E-state index in [1.54, 1.807) is 0 Å². The first-order valence-electron chi connectivity index (χ1n) is 10.9. The highest BCUT2D eigenvalue weighted by Crippen LogP contribution is 2.20. The minimum Gasteiger partial charge on any atom is -0.741 e. The highest BCUT2D eigenvalue weighted by atomic mass is 32.2. The molecule has 0 aliphatic rings. The average molecular weight is 434 g/mol. The van der Waals surface area contributed by atoms with Crippen LogP contribution in [0.3, 0.4) is 0 Å². The molecule has 28 heavy (non-hydrogen) atoms. The number of unbranched alkanes of at least 4 members (excludes halogenated alkanes) is 7. The maximum Gasteiger partial charge on any atom is 0.485 e. The summed E-state index contributed by atoms with van der Waals surface area (Å²) in [5, 5.41) is 0.